The molecule has 0 aliphatic carbocycles. The second-order valence-corrected chi connectivity index (χ2v) is 4.82. The first-order valence-electron chi connectivity index (χ1n) is 6.86. The monoisotopic (exact) mass is 335 g/mol. The lowest BCUT2D eigenvalue weighted by Crippen LogP contribution is -2.38. The molecule has 0 heterocycles. The molecular weight excluding hydrogens is 318 g/mol. The van der Waals surface area contributed by atoms with Crippen LogP contribution in [0.3, 0.4) is 0 Å². The number of rotatable bonds is 7. The molecule has 2 amide bonds. The molecule has 9 heteroatoms. The number of nitro groups is 1. The van der Waals surface area contributed by atoms with E-state index in [2.05, 4.69) is 10.1 Å². The summed E-state index contributed by atoms with van der Waals surface area (Å²) < 4.78 is 4.69. The lowest BCUT2D eigenvalue weighted by Gasteiger charge is -2.10. The van der Waals surface area contributed by atoms with Gasteiger partial charge in [0.25, 0.3) is 11.6 Å². The Morgan fingerprint density at radius 3 is 2.58 bits per heavy atom. The molecule has 1 aromatic rings. The molecule has 0 bridgehead atoms. The van der Waals surface area contributed by atoms with Gasteiger partial charge in [-0.1, -0.05) is 12.1 Å². The van der Waals surface area contributed by atoms with Crippen molar-refractivity contribution in [2.24, 2.45) is 0 Å². The predicted octanol–water partition coefficient (Wildman–Crippen LogP) is 0.356. The highest BCUT2D eigenvalue weighted by atomic mass is 16.6. The van der Waals surface area contributed by atoms with Crippen molar-refractivity contribution in [2.45, 2.75) is 0 Å². The Bertz CT molecular complexity index is 669. The number of esters is 1. The SMILES string of the molecule is CN(C)C(=O)CNC(=O)COC(=O)/C=C/c1ccccc1[N+](=O)[O-]. The molecule has 0 saturated carbocycles. The minimum Gasteiger partial charge on any atom is -0.452 e. The van der Waals surface area contributed by atoms with Crippen molar-refractivity contribution in [2.75, 3.05) is 27.2 Å². The minimum atomic E-state index is -0.831. The molecule has 0 spiro atoms. The summed E-state index contributed by atoms with van der Waals surface area (Å²) in [7, 11) is 3.09. The van der Waals surface area contributed by atoms with E-state index in [0.717, 1.165) is 6.08 Å². The molecule has 1 rings (SSSR count). The average molecular weight is 335 g/mol. The van der Waals surface area contributed by atoms with Gasteiger partial charge in [0.05, 0.1) is 17.0 Å². The zero-order valence-corrected chi connectivity index (χ0v) is 13.2. The summed E-state index contributed by atoms with van der Waals surface area (Å²) in [5.74, 6) is -1.76. The molecule has 24 heavy (non-hydrogen) atoms. The number of amides is 2. The summed E-state index contributed by atoms with van der Waals surface area (Å²) >= 11 is 0. The van der Waals surface area contributed by atoms with E-state index < -0.39 is 23.4 Å². The van der Waals surface area contributed by atoms with Crippen LogP contribution >= 0.6 is 0 Å². The Morgan fingerprint density at radius 2 is 1.96 bits per heavy atom. The van der Waals surface area contributed by atoms with Crippen molar-refractivity contribution in [3.63, 3.8) is 0 Å². The third kappa shape index (κ3) is 6.26. The molecule has 0 aliphatic heterocycles. The number of para-hydroxylation sites is 1. The first-order valence-corrected chi connectivity index (χ1v) is 6.86. The number of carbonyl (C=O) groups excluding carboxylic acids is 3. The Labute approximate surface area is 138 Å². The van der Waals surface area contributed by atoms with Gasteiger partial charge >= 0.3 is 5.97 Å². The fourth-order valence-corrected chi connectivity index (χ4v) is 1.52. The second-order valence-electron chi connectivity index (χ2n) is 4.82. The lowest BCUT2D eigenvalue weighted by atomic mass is 10.1. The summed E-state index contributed by atoms with van der Waals surface area (Å²) in [5, 5.41) is 13.1. The van der Waals surface area contributed by atoms with Crippen LogP contribution < -0.4 is 5.32 Å². The normalized spacial score (nSPS) is 10.2. The summed E-state index contributed by atoms with van der Waals surface area (Å²) in [6.45, 7) is -0.754. The van der Waals surface area contributed by atoms with Crippen molar-refractivity contribution in [1.82, 2.24) is 10.2 Å². The molecule has 0 fully saturated rings. The average Bonchev–Trinajstić information content (AvgIpc) is 2.55. The van der Waals surface area contributed by atoms with Gasteiger partial charge in [0.1, 0.15) is 0 Å². The van der Waals surface area contributed by atoms with Crippen molar-refractivity contribution in [3.05, 3.63) is 46.0 Å². The van der Waals surface area contributed by atoms with Crippen LogP contribution in [0.4, 0.5) is 5.69 Å². The van der Waals surface area contributed by atoms with E-state index in [-0.39, 0.29) is 23.7 Å². The van der Waals surface area contributed by atoms with E-state index >= 15 is 0 Å². The minimum absolute atomic E-state index is 0.151. The summed E-state index contributed by atoms with van der Waals surface area (Å²) in [6.07, 6.45) is 2.22. The highest BCUT2D eigenvalue weighted by Gasteiger charge is 2.11. The Balaban J connectivity index is 2.48. The molecule has 0 unspecified atom stereocenters. The van der Waals surface area contributed by atoms with Crippen LogP contribution in [-0.4, -0.2) is 54.9 Å². The lowest BCUT2D eigenvalue weighted by molar-refractivity contribution is -0.385. The number of benzene rings is 1. The van der Waals surface area contributed by atoms with E-state index in [0.29, 0.717) is 0 Å². The molecule has 1 N–H and O–H groups in total. The predicted molar refractivity (Wildman–Crippen MR) is 84.8 cm³/mol. The Kier molecular flexibility index (Phi) is 7.08. The maximum atomic E-state index is 11.5. The molecule has 0 radical (unpaired) electrons. The zero-order chi connectivity index (χ0) is 18.1. The van der Waals surface area contributed by atoms with Gasteiger partial charge in [-0.3, -0.25) is 19.7 Å². The largest absolute Gasteiger partial charge is 0.452 e. The number of nitrogens with one attached hydrogen (secondary N) is 1. The van der Waals surface area contributed by atoms with Crippen molar-refractivity contribution < 1.29 is 24.0 Å². The first-order chi connectivity index (χ1) is 11.3. The fraction of sp³-hybridized carbons (Fsp3) is 0.267. The van der Waals surface area contributed by atoms with Crippen LogP contribution in [-0.2, 0) is 19.1 Å². The van der Waals surface area contributed by atoms with Gasteiger partial charge < -0.3 is 15.0 Å². The number of nitro benzene ring substituents is 1. The second kappa shape index (κ2) is 9.03. The molecule has 0 saturated heterocycles. The maximum Gasteiger partial charge on any atom is 0.331 e. The van der Waals surface area contributed by atoms with E-state index in [9.17, 15) is 24.5 Å². The third-order valence-corrected chi connectivity index (χ3v) is 2.81. The van der Waals surface area contributed by atoms with E-state index in [1.807, 2.05) is 0 Å². The number of hydrogen-bond acceptors (Lipinski definition) is 6. The molecule has 128 valence electrons. The summed E-state index contributed by atoms with van der Waals surface area (Å²) in [6, 6.07) is 5.88. The van der Waals surface area contributed by atoms with Crippen LogP contribution in [0.5, 0.6) is 0 Å². The van der Waals surface area contributed by atoms with Crippen molar-refractivity contribution in [1.29, 1.82) is 0 Å². The van der Waals surface area contributed by atoms with Crippen LogP contribution in [0.25, 0.3) is 6.08 Å². The van der Waals surface area contributed by atoms with Gasteiger partial charge in [0.2, 0.25) is 5.91 Å². The zero-order valence-electron chi connectivity index (χ0n) is 13.2. The standard InChI is InChI=1S/C15H17N3O6/c1-17(2)14(20)9-16-13(19)10-24-15(21)8-7-11-5-3-4-6-12(11)18(22)23/h3-8H,9-10H2,1-2H3,(H,16,19)/b8-7+. The highest BCUT2D eigenvalue weighted by Crippen LogP contribution is 2.18. The van der Waals surface area contributed by atoms with Gasteiger partial charge in [-0.25, -0.2) is 4.79 Å². The van der Waals surface area contributed by atoms with Gasteiger partial charge in [-0.05, 0) is 12.1 Å². The molecule has 9 nitrogen and oxygen atoms in total. The van der Waals surface area contributed by atoms with Gasteiger partial charge in [0.15, 0.2) is 6.61 Å². The van der Waals surface area contributed by atoms with Crippen LogP contribution in [0.2, 0.25) is 0 Å². The smallest absolute Gasteiger partial charge is 0.331 e. The Morgan fingerprint density at radius 1 is 1.29 bits per heavy atom. The van der Waals surface area contributed by atoms with E-state index in [1.165, 1.54) is 29.2 Å². The molecule has 0 aliphatic rings. The fourth-order valence-electron chi connectivity index (χ4n) is 1.52. The van der Waals surface area contributed by atoms with Crippen molar-refractivity contribution >= 4 is 29.5 Å². The molecule has 0 atom stereocenters. The van der Waals surface area contributed by atoms with Crippen LogP contribution in [0.1, 0.15) is 5.56 Å². The first kappa shape index (κ1) is 18.8. The van der Waals surface area contributed by atoms with Crippen LogP contribution in [0, 0.1) is 10.1 Å². The van der Waals surface area contributed by atoms with Crippen molar-refractivity contribution in [3.8, 4) is 0 Å². The number of hydrogen-bond donors (Lipinski definition) is 1. The summed E-state index contributed by atoms with van der Waals surface area (Å²) in [4.78, 5) is 45.8. The topological polar surface area (TPSA) is 119 Å². The highest BCUT2D eigenvalue weighted by molar-refractivity contribution is 5.90. The summed E-state index contributed by atoms with van der Waals surface area (Å²) in [5.41, 5.74) is 0.0852. The number of nitrogens with zero attached hydrogens (tertiary/aromatic N) is 2. The van der Waals surface area contributed by atoms with E-state index in [4.69, 9.17) is 0 Å². The number of carbonyl (C=O) groups is 3. The quantitative estimate of drug-likeness (QED) is 0.332. The van der Waals surface area contributed by atoms with Crippen LogP contribution in [0.15, 0.2) is 30.3 Å². The van der Waals surface area contributed by atoms with Gasteiger partial charge in [0, 0.05) is 26.2 Å². The molecule has 0 aromatic heterocycles. The van der Waals surface area contributed by atoms with Gasteiger partial charge in [-0.15, -0.1) is 0 Å². The third-order valence-electron chi connectivity index (χ3n) is 2.81. The number of ether oxygens (including phenoxy) is 1. The number of likely N-dealkylation sites (N-methyl/N-ethyl adjacent to an activating group) is 1. The van der Waals surface area contributed by atoms with E-state index in [1.54, 1.807) is 20.2 Å². The van der Waals surface area contributed by atoms with Gasteiger partial charge in [-0.2, -0.15) is 0 Å². The molecule has 1 aromatic carbocycles. The Hall–Kier alpha value is -3.23. The maximum absolute atomic E-state index is 11.5. The molecular formula is C15H17N3O6.